The fourth-order valence-corrected chi connectivity index (χ4v) is 5.85. The predicted molar refractivity (Wildman–Crippen MR) is 148 cm³/mol. The number of anilines is 1. The van der Waals surface area contributed by atoms with E-state index >= 15 is 0 Å². The third-order valence-corrected chi connectivity index (χ3v) is 8.00. The first-order chi connectivity index (χ1) is 18.6. The second kappa shape index (κ2) is 11.7. The highest BCUT2D eigenvalue weighted by molar-refractivity contribution is 7.99. The molecule has 0 saturated carbocycles. The number of hydrogen-bond donors (Lipinski definition) is 1. The third kappa shape index (κ3) is 5.39. The smallest absolute Gasteiger partial charge is 0.261 e. The van der Waals surface area contributed by atoms with Gasteiger partial charge in [0, 0.05) is 18.3 Å². The third-order valence-electron chi connectivity index (χ3n) is 6.22. The summed E-state index contributed by atoms with van der Waals surface area (Å²) in [6, 6.07) is 17.0. The van der Waals surface area contributed by atoms with Gasteiger partial charge >= 0.3 is 0 Å². The van der Waals surface area contributed by atoms with Gasteiger partial charge in [0.15, 0.2) is 11.0 Å². The SMILES string of the molecule is COc1ccc(OC)c(-n2c(CNC(=O)c3cccs3)nnc2SCC(=O)N2CCCc3ccccc32)c1. The number of methoxy groups -OCH3 is 2. The van der Waals surface area contributed by atoms with Crippen LogP contribution >= 0.6 is 23.1 Å². The number of hydrogen-bond acceptors (Lipinski definition) is 8. The first-order valence-electron chi connectivity index (χ1n) is 12.1. The lowest BCUT2D eigenvalue weighted by Gasteiger charge is -2.29. The molecule has 2 aromatic heterocycles. The number of benzene rings is 2. The minimum atomic E-state index is -0.194. The molecule has 0 saturated heterocycles. The molecule has 0 aliphatic carbocycles. The number of aromatic nitrogens is 3. The van der Waals surface area contributed by atoms with Crippen molar-refractivity contribution >= 4 is 40.6 Å². The zero-order valence-corrected chi connectivity index (χ0v) is 22.7. The minimum absolute atomic E-state index is 0.00172. The van der Waals surface area contributed by atoms with Crippen molar-refractivity contribution < 1.29 is 19.1 Å². The molecule has 0 spiro atoms. The van der Waals surface area contributed by atoms with Gasteiger partial charge in [-0.15, -0.1) is 21.5 Å². The van der Waals surface area contributed by atoms with E-state index in [1.807, 2.05) is 40.6 Å². The number of thiophene rings is 1. The van der Waals surface area contributed by atoms with Gasteiger partial charge in [0.1, 0.15) is 11.5 Å². The van der Waals surface area contributed by atoms with Crippen LogP contribution in [0.25, 0.3) is 5.69 Å². The molecule has 1 aliphatic rings. The number of para-hydroxylation sites is 1. The van der Waals surface area contributed by atoms with E-state index in [-0.39, 0.29) is 24.1 Å². The van der Waals surface area contributed by atoms with Gasteiger partial charge in [-0.05, 0) is 48.1 Å². The highest BCUT2D eigenvalue weighted by Gasteiger charge is 2.25. The van der Waals surface area contributed by atoms with Crippen molar-refractivity contribution in [3.63, 3.8) is 0 Å². The van der Waals surface area contributed by atoms with E-state index in [1.54, 1.807) is 37.0 Å². The number of nitrogens with one attached hydrogen (secondary N) is 1. The van der Waals surface area contributed by atoms with Crippen molar-refractivity contribution in [1.29, 1.82) is 0 Å². The molecule has 5 rings (SSSR count). The van der Waals surface area contributed by atoms with E-state index in [4.69, 9.17) is 9.47 Å². The Morgan fingerprint density at radius 3 is 2.71 bits per heavy atom. The highest BCUT2D eigenvalue weighted by Crippen LogP contribution is 2.33. The van der Waals surface area contributed by atoms with Crippen LogP contribution in [0.5, 0.6) is 11.5 Å². The summed E-state index contributed by atoms with van der Waals surface area (Å²) in [5, 5.41) is 14.0. The van der Waals surface area contributed by atoms with Gasteiger partial charge in [0.05, 0.1) is 37.1 Å². The Bertz CT molecular complexity index is 1440. The maximum atomic E-state index is 13.3. The molecule has 9 nitrogen and oxygen atoms in total. The normalized spacial score (nSPS) is 12.6. The zero-order valence-electron chi connectivity index (χ0n) is 21.0. The van der Waals surface area contributed by atoms with Gasteiger partial charge in [-0.25, -0.2) is 0 Å². The van der Waals surface area contributed by atoms with Crippen LogP contribution in [-0.2, 0) is 17.8 Å². The molecule has 0 unspecified atom stereocenters. The van der Waals surface area contributed by atoms with Gasteiger partial charge in [-0.3, -0.25) is 14.2 Å². The number of carbonyl (C=O) groups excluding carboxylic acids is 2. The van der Waals surface area contributed by atoms with Crippen LogP contribution in [0.4, 0.5) is 5.69 Å². The van der Waals surface area contributed by atoms with Crippen molar-refractivity contribution in [3.05, 3.63) is 76.2 Å². The van der Waals surface area contributed by atoms with E-state index in [9.17, 15) is 9.59 Å². The summed E-state index contributed by atoms with van der Waals surface area (Å²) in [5.41, 5.74) is 2.80. The second-order valence-corrected chi connectivity index (χ2v) is 10.4. The molecule has 196 valence electrons. The van der Waals surface area contributed by atoms with Gasteiger partial charge < -0.3 is 19.7 Å². The lowest BCUT2D eigenvalue weighted by Crippen LogP contribution is -2.36. The molecule has 1 N–H and O–H groups in total. The molecule has 0 radical (unpaired) electrons. The molecular weight excluding hydrogens is 522 g/mol. The standard InChI is InChI=1S/C27H27N5O4S2/c1-35-19-11-12-22(36-2)21(15-19)32-24(16-28-26(34)23-10-6-14-37-23)29-30-27(32)38-17-25(33)31-13-5-8-18-7-3-4-9-20(18)31/h3-4,6-7,9-12,14-15H,5,8,13,16-17H2,1-2H3,(H,28,34). The largest absolute Gasteiger partial charge is 0.497 e. The molecule has 4 aromatic rings. The van der Waals surface area contributed by atoms with Gasteiger partial charge in [0.2, 0.25) is 5.91 Å². The van der Waals surface area contributed by atoms with Crippen molar-refractivity contribution in [2.24, 2.45) is 0 Å². The summed E-state index contributed by atoms with van der Waals surface area (Å²) < 4.78 is 12.9. The quantitative estimate of drug-likeness (QED) is 0.310. The number of nitrogens with zero attached hydrogens (tertiary/aromatic N) is 4. The fraction of sp³-hybridized carbons (Fsp3) is 0.259. The molecule has 0 atom stereocenters. The van der Waals surface area contributed by atoms with Crippen LogP contribution in [0.1, 0.15) is 27.5 Å². The zero-order chi connectivity index (χ0) is 26.5. The van der Waals surface area contributed by atoms with E-state index in [2.05, 4.69) is 21.6 Å². The monoisotopic (exact) mass is 549 g/mol. The first kappa shape index (κ1) is 25.8. The van der Waals surface area contributed by atoms with Crippen molar-refractivity contribution in [3.8, 4) is 17.2 Å². The van der Waals surface area contributed by atoms with Crippen molar-refractivity contribution in [1.82, 2.24) is 20.1 Å². The molecule has 11 heteroatoms. The molecule has 1 aliphatic heterocycles. The van der Waals surface area contributed by atoms with Crippen LogP contribution in [-0.4, -0.2) is 53.1 Å². The van der Waals surface area contributed by atoms with E-state index in [1.165, 1.54) is 28.7 Å². The Kier molecular flexibility index (Phi) is 7.94. The number of rotatable bonds is 9. The molecule has 38 heavy (non-hydrogen) atoms. The van der Waals surface area contributed by atoms with Crippen LogP contribution in [0.3, 0.4) is 0 Å². The van der Waals surface area contributed by atoms with E-state index < -0.39 is 0 Å². The van der Waals surface area contributed by atoms with Crippen LogP contribution in [0.15, 0.2) is 65.1 Å². The van der Waals surface area contributed by atoms with Crippen molar-refractivity contribution in [2.45, 2.75) is 24.5 Å². The summed E-state index contributed by atoms with van der Waals surface area (Å²) in [5.74, 6) is 1.69. The van der Waals surface area contributed by atoms with Gasteiger partial charge in [0.25, 0.3) is 5.91 Å². The number of ether oxygens (including phenoxy) is 2. The molecule has 2 aromatic carbocycles. The molecule has 3 heterocycles. The molecular formula is C27H27N5O4S2. The van der Waals surface area contributed by atoms with Gasteiger partial charge in [-0.1, -0.05) is 36.0 Å². The summed E-state index contributed by atoms with van der Waals surface area (Å²) in [6.45, 7) is 0.824. The lowest BCUT2D eigenvalue weighted by molar-refractivity contribution is -0.116. The Balaban J connectivity index is 1.42. The van der Waals surface area contributed by atoms with Crippen LogP contribution in [0, 0.1) is 0 Å². The number of carbonyl (C=O) groups is 2. The maximum absolute atomic E-state index is 13.3. The molecule has 0 bridgehead atoms. The summed E-state index contributed by atoms with van der Waals surface area (Å²) in [4.78, 5) is 28.4. The molecule has 2 amide bonds. The van der Waals surface area contributed by atoms with Crippen molar-refractivity contribution in [2.75, 3.05) is 31.4 Å². The fourth-order valence-electron chi connectivity index (χ4n) is 4.37. The highest BCUT2D eigenvalue weighted by atomic mass is 32.2. The minimum Gasteiger partial charge on any atom is -0.497 e. The Morgan fingerprint density at radius 1 is 1.05 bits per heavy atom. The van der Waals surface area contributed by atoms with Crippen LogP contribution in [0.2, 0.25) is 0 Å². The molecule has 0 fully saturated rings. The van der Waals surface area contributed by atoms with Gasteiger partial charge in [-0.2, -0.15) is 0 Å². The maximum Gasteiger partial charge on any atom is 0.261 e. The Morgan fingerprint density at radius 2 is 1.92 bits per heavy atom. The summed E-state index contributed by atoms with van der Waals surface area (Å²) in [6.07, 6.45) is 1.90. The second-order valence-electron chi connectivity index (χ2n) is 8.50. The average molecular weight is 550 g/mol. The summed E-state index contributed by atoms with van der Waals surface area (Å²) in [7, 11) is 3.17. The lowest BCUT2D eigenvalue weighted by atomic mass is 10.0. The summed E-state index contributed by atoms with van der Waals surface area (Å²) >= 11 is 2.66. The number of amides is 2. The Labute approximate surface area is 228 Å². The number of fused-ring (bicyclic) bond motifs is 1. The Hall–Kier alpha value is -3.83. The van der Waals surface area contributed by atoms with E-state index in [0.717, 1.165) is 18.5 Å². The average Bonchev–Trinajstić information content (AvgIpc) is 3.64. The number of thioether (sulfide) groups is 1. The first-order valence-corrected chi connectivity index (χ1v) is 13.9. The topological polar surface area (TPSA) is 98.6 Å². The number of aryl methyl sites for hydroxylation is 1. The van der Waals surface area contributed by atoms with Crippen LogP contribution < -0.4 is 19.7 Å². The predicted octanol–water partition coefficient (Wildman–Crippen LogP) is 4.35. The van der Waals surface area contributed by atoms with E-state index in [0.29, 0.717) is 39.6 Å².